The lowest BCUT2D eigenvalue weighted by Crippen LogP contribution is -2.13. The Labute approximate surface area is 122 Å². The van der Waals surface area contributed by atoms with Crippen LogP contribution in [0.15, 0.2) is 53.4 Å². The fraction of sp³-hybridized carbons (Fsp3) is 0.0714. The fourth-order valence-corrected chi connectivity index (χ4v) is 2.72. The molecule has 2 rings (SSSR count). The van der Waals surface area contributed by atoms with Crippen molar-refractivity contribution in [3.8, 4) is 5.75 Å². The maximum Gasteiger partial charge on any atom is 0.261 e. The minimum atomic E-state index is -3.72. The van der Waals surface area contributed by atoms with Crippen LogP contribution in [-0.2, 0) is 14.8 Å². The van der Waals surface area contributed by atoms with Crippen molar-refractivity contribution >= 4 is 27.3 Å². The number of hydrogen-bond acceptors (Lipinski definition) is 4. The number of sulfonamides is 1. The molecule has 0 unspecified atom stereocenters. The van der Waals surface area contributed by atoms with Crippen molar-refractivity contribution in [2.24, 2.45) is 0 Å². The van der Waals surface area contributed by atoms with Gasteiger partial charge in [0.15, 0.2) is 0 Å². The van der Waals surface area contributed by atoms with E-state index in [2.05, 4.69) is 10.0 Å². The zero-order chi connectivity index (χ0) is 15.5. The van der Waals surface area contributed by atoms with E-state index in [4.69, 9.17) is 5.11 Å². The molecule has 0 saturated carbocycles. The summed E-state index contributed by atoms with van der Waals surface area (Å²) in [5.41, 5.74) is 0.866. The third-order valence-corrected chi connectivity index (χ3v) is 4.00. The van der Waals surface area contributed by atoms with Gasteiger partial charge in [0, 0.05) is 18.3 Å². The number of rotatable bonds is 4. The highest BCUT2D eigenvalue weighted by Gasteiger charge is 2.14. The van der Waals surface area contributed by atoms with Gasteiger partial charge in [0.1, 0.15) is 5.75 Å². The first kappa shape index (κ1) is 14.9. The summed E-state index contributed by atoms with van der Waals surface area (Å²) in [5.74, 6) is -0.176. The molecular weight excluding hydrogens is 292 g/mol. The number of nitrogens with one attached hydrogen (secondary N) is 2. The van der Waals surface area contributed by atoms with Crippen LogP contribution >= 0.6 is 0 Å². The number of aromatic hydroxyl groups is 1. The van der Waals surface area contributed by atoms with Crippen LogP contribution in [-0.4, -0.2) is 19.4 Å². The first-order valence-electron chi connectivity index (χ1n) is 6.06. The quantitative estimate of drug-likeness (QED) is 0.754. The van der Waals surface area contributed by atoms with Crippen molar-refractivity contribution in [3.63, 3.8) is 0 Å². The second-order valence-electron chi connectivity index (χ2n) is 4.36. The Bertz CT molecular complexity index is 738. The molecule has 110 valence electrons. The molecule has 6 nitrogen and oxygen atoms in total. The lowest BCUT2D eigenvalue weighted by molar-refractivity contribution is -0.114. The standard InChI is InChI=1S/C14H14N2O4S/c1-10(17)15-11-4-8-14(9-5-11)21(19,20)16-12-2-6-13(18)7-3-12/h2-9,16,18H,1H3,(H,15,17). The molecule has 1 amide bonds. The number of amides is 1. The van der Waals surface area contributed by atoms with Crippen LogP contribution in [0.1, 0.15) is 6.92 Å². The van der Waals surface area contributed by atoms with Crippen LogP contribution < -0.4 is 10.0 Å². The number of anilines is 2. The molecule has 21 heavy (non-hydrogen) atoms. The van der Waals surface area contributed by atoms with Gasteiger partial charge in [-0.3, -0.25) is 9.52 Å². The summed E-state index contributed by atoms with van der Waals surface area (Å²) in [6.45, 7) is 1.37. The second-order valence-corrected chi connectivity index (χ2v) is 6.04. The minimum Gasteiger partial charge on any atom is -0.508 e. The van der Waals surface area contributed by atoms with Gasteiger partial charge in [-0.25, -0.2) is 8.42 Å². The summed E-state index contributed by atoms with van der Waals surface area (Å²) in [7, 11) is -3.72. The van der Waals surface area contributed by atoms with Crippen LogP contribution in [0, 0.1) is 0 Å². The van der Waals surface area contributed by atoms with Crippen molar-refractivity contribution in [3.05, 3.63) is 48.5 Å². The van der Waals surface area contributed by atoms with Gasteiger partial charge in [0.2, 0.25) is 5.91 Å². The van der Waals surface area contributed by atoms with Crippen molar-refractivity contribution in [2.75, 3.05) is 10.0 Å². The van der Waals surface area contributed by atoms with Crippen molar-refractivity contribution in [1.29, 1.82) is 0 Å². The van der Waals surface area contributed by atoms with Crippen LogP contribution in [0.4, 0.5) is 11.4 Å². The molecule has 0 aliphatic heterocycles. The maximum absolute atomic E-state index is 12.2. The van der Waals surface area contributed by atoms with E-state index in [0.29, 0.717) is 11.4 Å². The van der Waals surface area contributed by atoms with E-state index in [0.717, 1.165) is 0 Å². The molecule has 0 heterocycles. The molecule has 3 N–H and O–H groups in total. The molecule has 0 fully saturated rings. The summed E-state index contributed by atoms with van der Waals surface area (Å²) in [6.07, 6.45) is 0. The fourth-order valence-electron chi connectivity index (χ4n) is 1.66. The Balaban J connectivity index is 2.19. The number of phenolic OH excluding ortho intramolecular Hbond substituents is 1. The number of carbonyl (C=O) groups excluding carboxylic acids is 1. The van der Waals surface area contributed by atoms with Gasteiger partial charge in [-0.15, -0.1) is 0 Å². The Morgan fingerprint density at radius 2 is 1.48 bits per heavy atom. The molecule has 0 aliphatic rings. The predicted octanol–water partition coefficient (Wildman–Crippen LogP) is 2.15. The highest BCUT2D eigenvalue weighted by molar-refractivity contribution is 7.92. The van der Waals surface area contributed by atoms with E-state index in [1.807, 2.05) is 0 Å². The molecule has 7 heteroatoms. The zero-order valence-electron chi connectivity index (χ0n) is 11.2. The van der Waals surface area contributed by atoms with E-state index in [1.54, 1.807) is 0 Å². The maximum atomic E-state index is 12.2. The lowest BCUT2D eigenvalue weighted by atomic mass is 10.3. The Morgan fingerprint density at radius 3 is 2.00 bits per heavy atom. The van der Waals surface area contributed by atoms with Gasteiger partial charge < -0.3 is 10.4 Å². The van der Waals surface area contributed by atoms with E-state index in [1.165, 1.54) is 55.5 Å². The Morgan fingerprint density at radius 1 is 0.952 bits per heavy atom. The number of carbonyl (C=O) groups is 1. The number of hydrogen-bond donors (Lipinski definition) is 3. The van der Waals surface area contributed by atoms with Gasteiger partial charge in [-0.05, 0) is 48.5 Å². The van der Waals surface area contributed by atoms with Crippen molar-refractivity contribution < 1.29 is 18.3 Å². The lowest BCUT2D eigenvalue weighted by Gasteiger charge is -2.09. The minimum absolute atomic E-state index is 0.0533. The first-order valence-corrected chi connectivity index (χ1v) is 7.55. The average Bonchev–Trinajstić information content (AvgIpc) is 2.41. The summed E-state index contributed by atoms with van der Waals surface area (Å²) < 4.78 is 26.7. The summed E-state index contributed by atoms with van der Waals surface area (Å²) in [6, 6.07) is 11.5. The van der Waals surface area contributed by atoms with E-state index >= 15 is 0 Å². The molecule has 2 aromatic carbocycles. The zero-order valence-corrected chi connectivity index (χ0v) is 12.0. The molecule has 0 atom stereocenters. The monoisotopic (exact) mass is 306 g/mol. The van der Waals surface area contributed by atoms with E-state index < -0.39 is 10.0 Å². The van der Waals surface area contributed by atoms with E-state index in [-0.39, 0.29) is 16.6 Å². The third-order valence-electron chi connectivity index (χ3n) is 2.60. The van der Waals surface area contributed by atoms with Crippen molar-refractivity contribution in [2.45, 2.75) is 11.8 Å². The highest BCUT2D eigenvalue weighted by Crippen LogP contribution is 2.20. The average molecular weight is 306 g/mol. The molecule has 0 spiro atoms. The van der Waals surface area contributed by atoms with Gasteiger partial charge >= 0.3 is 0 Å². The van der Waals surface area contributed by atoms with Crippen LogP contribution in [0.2, 0.25) is 0 Å². The van der Waals surface area contributed by atoms with Crippen LogP contribution in [0.5, 0.6) is 5.75 Å². The SMILES string of the molecule is CC(=O)Nc1ccc(S(=O)(=O)Nc2ccc(O)cc2)cc1. The smallest absolute Gasteiger partial charge is 0.261 e. The largest absolute Gasteiger partial charge is 0.508 e. The molecule has 0 saturated heterocycles. The van der Waals surface area contributed by atoms with Crippen LogP contribution in [0.25, 0.3) is 0 Å². The molecule has 0 aromatic heterocycles. The van der Waals surface area contributed by atoms with Gasteiger partial charge in [-0.1, -0.05) is 0 Å². The van der Waals surface area contributed by atoms with E-state index in [9.17, 15) is 13.2 Å². The third kappa shape index (κ3) is 3.96. The van der Waals surface area contributed by atoms with Crippen LogP contribution in [0.3, 0.4) is 0 Å². The molecular formula is C14H14N2O4S. The van der Waals surface area contributed by atoms with Gasteiger partial charge in [-0.2, -0.15) is 0 Å². The number of phenols is 1. The summed E-state index contributed by atoms with van der Waals surface area (Å²) in [5, 5.41) is 11.7. The predicted molar refractivity (Wildman–Crippen MR) is 79.7 cm³/mol. The number of benzene rings is 2. The van der Waals surface area contributed by atoms with Gasteiger partial charge in [0.25, 0.3) is 10.0 Å². The first-order chi connectivity index (χ1) is 9.87. The Hall–Kier alpha value is -2.54. The highest BCUT2D eigenvalue weighted by atomic mass is 32.2. The summed E-state index contributed by atoms with van der Waals surface area (Å²) in [4.78, 5) is 11.0. The van der Waals surface area contributed by atoms with Crippen molar-refractivity contribution in [1.82, 2.24) is 0 Å². The molecule has 0 bridgehead atoms. The second kappa shape index (κ2) is 5.84. The topological polar surface area (TPSA) is 95.5 Å². The normalized spacial score (nSPS) is 10.9. The summed E-state index contributed by atoms with van der Waals surface area (Å²) >= 11 is 0. The van der Waals surface area contributed by atoms with Gasteiger partial charge in [0.05, 0.1) is 4.90 Å². The molecule has 0 radical (unpaired) electrons. The molecule has 0 aliphatic carbocycles. The Kier molecular flexibility index (Phi) is 4.13. The molecule has 2 aromatic rings.